The minimum absolute atomic E-state index is 0.0186. The molecule has 1 aromatic rings. The van der Waals surface area contributed by atoms with Gasteiger partial charge in [-0.2, -0.15) is 0 Å². The molecule has 1 aliphatic heterocycles. The molecule has 0 aliphatic carbocycles. The predicted molar refractivity (Wildman–Crippen MR) is 72.3 cm³/mol. The van der Waals surface area contributed by atoms with Crippen molar-refractivity contribution in [3.05, 3.63) is 18.3 Å². The van der Waals surface area contributed by atoms with Crippen LogP contribution in [0, 0.1) is 5.92 Å². The quantitative estimate of drug-likeness (QED) is 0.836. The van der Waals surface area contributed by atoms with Crippen LogP contribution >= 0.6 is 0 Å². The maximum Gasteiger partial charge on any atom is 0.232 e. The normalized spacial score (nSPS) is 22.9. The lowest BCUT2D eigenvalue weighted by Crippen LogP contribution is -2.41. The van der Waals surface area contributed by atoms with Gasteiger partial charge in [-0.3, -0.25) is 4.79 Å². The number of methoxy groups -OCH3 is 1. The van der Waals surface area contributed by atoms with Crippen LogP contribution in [0.1, 0.15) is 19.8 Å². The molecule has 0 aromatic carbocycles. The van der Waals surface area contributed by atoms with Gasteiger partial charge in [0.05, 0.1) is 31.0 Å². The second kappa shape index (κ2) is 6.02. The summed E-state index contributed by atoms with van der Waals surface area (Å²) in [5, 5.41) is 0. The highest BCUT2D eigenvalue weighted by molar-refractivity contribution is 5.94. The number of amides is 1. The fraction of sp³-hybridized carbons (Fsp3) is 0.571. The monoisotopic (exact) mass is 264 g/mol. The molecule has 104 valence electrons. The molecule has 19 heavy (non-hydrogen) atoms. The van der Waals surface area contributed by atoms with Crippen LogP contribution in [-0.2, 0) is 9.53 Å². The molecular weight excluding hydrogens is 244 g/mol. The number of hydrogen-bond acceptors (Lipinski definition) is 4. The zero-order chi connectivity index (χ0) is 13.8. The van der Waals surface area contributed by atoms with E-state index in [0.29, 0.717) is 5.88 Å². The molecule has 1 saturated heterocycles. The van der Waals surface area contributed by atoms with Gasteiger partial charge in [-0.25, -0.2) is 4.98 Å². The number of pyridine rings is 1. The second-order valence-electron chi connectivity index (χ2n) is 4.78. The summed E-state index contributed by atoms with van der Waals surface area (Å²) in [6.07, 6.45) is 3.45. The van der Waals surface area contributed by atoms with Gasteiger partial charge in [0, 0.05) is 19.7 Å². The van der Waals surface area contributed by atoms with Crippen LogP contribution in [0.15, 0.2) is 18.3 Å². The summed E-state index contributed by atoms with van der Waals surface area (Å²) in [5.41, 5.74) is 0.767. The molecule has 1 aromatic heterocycles. The molecule has 0 bridgehead atoms. The largest absolute Gasteiger partial charge is 0.481 e. The first-order chi connectivity index (χ1) is 9.13. The number of carbonyl (C=O) groups is 1. The van der Waals surface area contributed by atoms with E-state index in [9.17, 15) is 4.79 Å². The van der Waals surface area contributed by atoms with E-state index in [-0.39, 0.29) is 17.9 Å². The van der Waals surface area contributed by atoms with E-state index in [1.165, 1.54) is 0 Å². The second-order valence-corrected chi connectivity index (χ2v) is 4.78. The molecule has 2 rings (SSSR count). The summed E-state index contributed by atoms with van der Waals surface area (Å²) in [4.78, 5) is 18.2. The first-order valence-corrected chi connectivity index (χ1v) is 6.52. The Balaban J connectivity index is 2.08. The minimum atomic E-state index is -0.0687. The molecule has 5 heteroatoms. The van der Waals surface area contributed by atoms with Crippen molar-refractivity contribution in [3.8, 4) is 5.88 Å². The Bertz CT molecular complexity index is 433. The maximum atomic E-state index is 12.5. The molecule has 0 unspecified atom stereocenters. The average molecular weight is 264 g/mol. The Hall–Kier alpha value is -1.62. The molecule has 0 spiro atoms. The molecule has 2 heterocycles. The standard InChI is InChI=1S/C14H20N2O3/c1-10-12(5-4-8-19-10)14(17)16(2)11-6-7-13(18-3)15-9-11/h6-7,9-10,12H,4-5,8H2,1-3H3/t10-,12-/m0/s1. The van der Waals surface area contributed by atoms with Crippen molar-refractivity contribution in [2.75, 3.05) is 25.7 Å². The average Bonchev–Trinajstić information content (AvgIpc) is 2.46. The third kappa shape index (κ3) is 3.04. The summed E-state index contributed by atoms with van der Waals surface area (Å²) in [7, 11) is 3.34. The summed E-state index contributed by atoms with van der Waals surface area (Å²) in [6, 6.07) is 3.58. The van der Waals surface area contributed by atoms with Gasteiger partial charge in [0.1, 0.15) is 0 Å². The Morgan fingerprint density at radius 2 is 2.32 bits per heavy atom. The lowest BCUT2D eigenvalue weighted by atomic mass is 9.94. The van der Waals surface area contributed by atoms with E-state index < -0.39 is 0 Å². The van der Waals surface area contributed by atoms with Crippen molar-refractivity contribution in [2.45, 2.75) is 25.9 Å². The Labute approximate surface area is 113 Å². The van der Waals surface area contributed by atoms with E-state index >= 15 is 0 Å². The van der Waals surface area contributed by atoms with Crippen LogP contribution in [0.2, 0.25) is 0 Å². The van der Waals surface area contributed by atoms with Gasteiger partial charge < -0.3 is 14.4 Å². The van der Waals surface area contributed by atoms with Gasteiger partial charge in [-0.15, -0.1) is 0 Å². The topological polar surface area (TPSA) is 51.7 Å². The highest BCUT2D eigenvalue weighted by atomic mass is 16.5. The van der Waals surface area contributed by atoms with Crippen LogP contribution in [0.25, 0.3) is 0 Å². The Morgan fingerprint density at radius 1 is 1.53 bits per heavy atom. The first kappa shape index (κ1) is 13.8. The van der Waals surface area contributed by atoms with E-state index in [1.807, 2.05) is 13.0 Å². The highest BCUT2D eigenvalue weighted by Crippen LogP contribution is 2.25. The van der Waals surface area contributed by atoms with Gasteiger partial charge in [-0.05, 0) is 25.8 Å². The van der Waals surface area contributed by atoms with Crippen molar-refractivity contribution in [3.63, 3.8) is 0 Å². The van der Waals surface area contributed by atoms with E-state index in [4.69, 9.17) is 9.47 Å². The lowest BCUT2D eigenvalue weighted by molar-refractivity contribution is -0.130. The third-order valence-corrected chi connectivity index (χ3v) is 3.57. The van der Waals surface area contributed by atoms with Gasteiger partial charge in [0.2, 0.25) is 11.8 Å². The molecule has 1 fully saturated rings. The number of carbonyl (C=O) groups excluding carboxylic acids is 1. The van der Waals surface area contributed by atoms with Crippen LogP contribution in [0.3, 0.4) is 0 Å². The number of anilines is 1. The molecular formula is C14H20N2O3. The van der Waals surface area contributed by atoms with Crippen molar-refractivity contribution in [1.82, 2.24) is 4.98 Å². The summed E-state index contributed by atoms with van der Waals surface area (Å²) >= 11 is 0. The summed E-state index contributed by atoms with van der Waals surface area (Å²) in [6.45, 7) is 2.71. The van der Waals surface area contributed by atoms with Crippen LogP contribution in [0.4, 0.5) is 5.69 Å². The maximum absolute atomic E-state index is 12.5. The minimum Gasteiger partial charge on any atom is -0.481 e. The third-order valence-electron chi connectivity index (χ3n) is 3.57. The summed E-state index contributed by atoms with van der Waals surface area (Å²) in [5.74, 6) is 0.555. The van der Waals surface area contributed by atoms with Gasteiger partial charge in [0.25, 0.3) is 0 Å². The number of nitrogens with zero attached hydrogens (tertiary/aromatic N) is 2. The van der Waals surface area contributed by atoms with Crippen LogP contribution in [0.5, 0.6) is 5.88 Å². The van der Waals surface area contributed by atoms with Crippen molar-refractivity contribution < 1.29 is 14.3 Å². The van der Waals surface area contributed by atoms with E-state index in [1.54, 1.807) is 31.3 Å². The SMILES string of the molecule is COc1ccc(N(C)C(=O)[C@H]2CCCO[C@H]2C)cn1. The molecule has 0 radical (unpaired) electrons. The molecule has 5 nitrogen and oxygen atoms in total. The number of aromatic nitrogens is 1. The number of rotatable bonds is 3. The van der Waals surface area contributed by atoms with Gasteiger partial charge >= 0.3 is 0 Å². The Kier molecular flexibility index (Phi) is 4.37. The van der Waals surface area contributed by atoms with Crippen LogP contribution < -0.4 is 9.64 Å². The number of hydrogen-bond donors (Lipinski definition) is 0. The molecule has 0 saturated carbocycles. The van der Waals surface area contributed by atoms with Gasteiger partial charge in [0.15, 0.2) is 0 Å². The van der Waals surface area contributed by atoms with Crippen molar-refractivity contribution in [2.24, 2.45) is 5.92 Å². The molecule has 1 amide bonds. The van der Waals surface area contributed by atoms with E-state index in [0.717, 1.165) is 25.1 Å². The molecule has 2 atom stereocenters. The smallest absolute Gasteiger partial charge is 0.232 e. The zero-order valence-electron chi connectivity index (χ0n) is 11.6. The highest BCUT2D eigenvalue weighted by Gasteiger charge is 2.31. The van der Waals surface area contributed by atoms with E-state index in [2.05, 4.69) is 4.98 Å². The van der Waals surface area contributed by atoms with Crippen molar-refractivity contribution >= 4 is 11.6 Å². The van der Waals surface area contributed by atoms with Crippen molar-refractivity contribution in [1.29, 1.82) is 0 Å². The predicted octanol–water partition coefficient (Wildman–Crippen LogP) is 1.87. The summed E-state index contributed by atoms with van der Waals surface area (Å²) < 4.78 is 10.6. The number of ether oxygens (including phenoxy) is 2. The lowest BCUT2D eigenvalue weighted by Gasteiger charge is -2.31. The molecule has 1 aliphatic rings. The zero-order valence-corrected chi connectivity index (χ0v) is 11.6. The fourth-order valence-electron chi connectivity index (χ4n) is 2.32. The van der Waals surface area contributed by atoms with Crippen LogP contribution in [-0.4, -0.2) is 37.8 Å². The fourth-order valence-corrected chi connectivity index (χ4v) is 2.32. The molecule has 0 N–H and O–H groups in total. The van der Waals surface area contributed by atoms with Gasteiger partial charge in [-0.1, -0.05) is 0 Å². The Morgan fingerprint density at radius 3 is 2.89 bits per heavy atom. The first-order valence-electron chi connectivity index (χ1n) is 6.52.